The van der Waals surface area contributed by atoms with Gasteiger partial charge in [-0.3, -0.25) is 9.78 Å². The van der Waals surface area contributed by atoms with Crippen LogP contribution in [-0.2, 0) is 4.79 Å². The van der Waals surface area contributed by atoms with E-state index in [0.29, 0.717) is 12.2 Å². The second-order valence-electron chi connectivity index (χ2n) is 5.39. The maximum atomic E-state index is 10.1. The summed E-state index contributed by atoms with van der Waals surface area (Å²) in [7, 11) is 0. The number of rotatable bonds is 3. The molecule has 0 saturated heterocycles. The van der Waals surface area contributed by atoms with E-state index in [-0.39, 0.29) is 5.41 Å². The topological polar surface area (TPSA) is 89.1 Å². The minimum Gasteiger partial charge on any atom is -0.481 e. The van der Waals surface area contributed by atoms with Crippen molar-refractivity contribution in [2.75, 3.05) is 5.73 Å². The normalized spacial score (nSPS) is 10.4. The third kappa shape index (κ3) is 10.9. The Balaban J connectivity index is 0.000000327. The van der Waals surface area contributed by atoms with Crippen LogP contribution in [0.2, 0.25) is 0 Å². The lowest BCUT2D eigenvalue weighted by Crippen LogP contribution is -2.05. The first-order valence-corrected chi connectivity index (χ1v) is 5.96. The monoisotopic (exact) mass is 253 g/mol. The summed E-state index contributed by atoms with van der Waals surface area (Å²) in [6.07, 6.45) is 5.25. The molecule has 0 fully saturated rings. The van der Waals surface area contributed by atoms with Crippen LogP contribution >= 0.6 is 0 Å². The maximum absolute atomic E-state index is 10.1. The Morgan fingerprint density at radius 1 is 1.33 bits per heavy atom. The molecule has 1 rings (SSSR count). The number of anilines is 1. The number of hydrogen-bond donors (Lipinski definition) is 2. The number of nitrogen functional groups attached to an aromatic ring is 1. The number of nitrogens with zero attached hydrogens (tertiary/aromatic N) is 2. The molecule has 0 amide bonds. The second kappa shape index (κ2) is 7.63. The number of hydrogen-bond acceptors (Lipinski definition) is 4. The molecule has 0 bridgehead atoms. The quantitative estimate of drug-likeness (QED) is 0.864. The zero-order valence-corrected chi connectivity index (χ0v) is 11.6. The summed E-state index contributed by atoms with van der Waals surface area (Å²) in [5.41, 5.74) is 6.41. The van der Waals surface area contributed by atoms with Crippen LogP contribution in [0.5, 0.6) is 0 Å². The zero-order chi connectivity index (χ0) is 14.2. The number of carboxylic acid groups (broad SMARTS) is 1. The standard InChI is InChI=1S/C8H16O2.C5H7N3/c1-8(2,3)6-4-5-7(9)10;1-4-2-8-5(6)3-7-4/h4-6H2,1-3H3,(H,9,10);2-3H,1H3,(H2,6,8). The number of carbonyl (C=O) groups is 1. The van der Waals surface area contributed by atoms with Gasteiger partial charge in [0.2, 0.25) is 0 Å². The van der Waals surface area contributed by atoms with Crippen molar-refractivity contribution in [2.45, 2.75) is 47.0 Å². The molecule has 18 heavy (non-hydrogen) atoms. The summed E-state index contributed by atoms with van der Waals surface area (Å²) in [5.74, 6) is -0.222. The molecule has 0 spiro atoms. The molecule has 0 atom stereocenters. The first kappa shape index (κ1) is 16.4. The molecule has 3 N–H and O–H groups in total. The fourth-order valence-electron chi connectivity index (χ4n) is 1.17. The number of aromatic nitrogens is 2. The molecule has 1 heterocycles. The lowest BCUT2D eigenvalue weighted by atomic mass is 9.90. The Morgan fingerprint density at radius 2 is 1.94 bits per heavy atom. The fourth-order valence-corrected chi connectivity index (χ4v) is 1.17. The van der Waals surface area contributed by atoms with Crippen molar-refractivity contribution >= 4 is 11.8 Å². The minimum atomic E-state index is -0.691. The number of aliphatic carboxylic acids is 1. The Labute approximate surface area is 108 Å². The number of nitrogens with two attached hydrogens (primary N) is 1. The predicted molar refractivity (Wildman–Crippen MR) is 72.1 cm³/mol. The van der Waals surface area contributed by atoms with Crippen LogP contribution in [0.25, 0.3) is 0 Å². The SMILES string of the molecule is CC(C)(C)CCCC(=O)O.Cc1cnc(N)cn1. The van der Waals surface area contributed by atoms with E-state index >= 15 is 0 Å². The predicted octanol–water partition coefficient (Wildman–Crippen LogP) is 2.65. The largest absolute Gasteiger partial charge is 0.481 e. The van der Waals surface area contributed by atoms with Gasteiger partial charge in [-0.15, -0.1) is 0 Å². The fraction of sp³-hybridized carbons (Fsp3) is 0.615. The van der Waals surface area contributed by atoms with Crippen LogP contribution in [0.3, 0.4) is 0 Å². The van der Waals surface area contributed by atoms with Gasteiger partial charge in [-0.1, -0.05) is 20.8 Å². The van der Waals surface area contributed by atoms with Crippen molar-refractivity contribution in [1.29, 1.82) is 0 Å². The Kier molecular flexibility index (Phi) is 6.93. The third-order valence-corrected chi connectivity index (χ3v) is 2.12. The minimum absolute atomic E-state index is 0.273. The van der Waals surface area contributed by atoms with Gasteiger partial charge >= 0.3 is 5.97 Å². The maximum Gasteiger partial charge on any atom is 0.303 e. The van der Waals surface area contributed by atoms with Crippen molar-refractivity contribution in [3.8, 4) is 0 Å². The third-order valence-electron chi connectivity index (χ3n) is 2.12. The zero-order valence-electron chi connectivity index (χ0n) is 11.6. The van der Waals surface area contributed by atoms with E-state index in [4.69, 9.17) is 10.8 Å². The van der Waals surface area contributed by atoms with Crippen molar-refractivity contribution in [3.05, 3.63) is 18.1 Å². The molecule has 0 unspecified atom stereocenters. The van der Waals surface area contributed by atoms with Crippen LogP contribution in [-0.4, -0.2) is 21.0 Å². The van der Waals surface area contributed by atoms with Crippen LogP contribution in [0.15, 0.2) is 12.4 Å². The summed E-state index contributed by atoms with van der Waals surface area (Å²) in [6.45, 7) is 8.23. The lowest BCUT2D eigenvalue weighted by Gasteiger charge is -2.16. The second-order valence-corrected chi connectivity index (χ2v) is 5.39. The summed E-state index contributed by atoms with van der Waals surface area (Å²) < 4.78 is 0. The number of carboxylic acids is 1. The van der Waals surface area contributed by atoms with Gasteiger partial charge in [-0.05, 0) is 25.2 Å². The highest BCUT2D eigenvalue weighted by molar-refractivity contribution is 5.66. The van der Waals surface area contributed by atoms with Crippen LogP contribution in [0.4, 0.5) is 5.82 Å². The Bertz CT molecular complexity index is 334. The molecule has 0 aliphatic heterocycles. The van der Waals surface area contributed by atoms with Crippen molar-refractivity contribution < 1.29 is 9.90 Å². The van der Waals surface area contributed by atoms with Crippen LogP contribution in [0, 0.1) is 12.3 Å². The van der Waals surface area contributed by atoms with Gasteiger partial charge in [-0.25, -0.2) is 4.98 Å². The summed E-state index contributed by atoms with van der Waals surface area (Å²) in [6, 6.07) is 0. The van der Waals surface area contributed by atoms with E-state index in [1.807, 2.05) is 6.92 Å². The number of aryl methyl sites for hydroxylation is 1. The molecule has 0 saturated carbocycles. The highest BCUT2D eigenvalue weighted by Crippen LogP contribution is 2.21. The first-order valence-electron chi connectivity index (χ1n) is 5.96. The van der Waals surface area contributed by atoms with Crippen molar-refractivity contribution in [2.24, 2.45) is 5.41 Å². The first-order chi connectivity index (χ1) is 8.20. The van der Waals surface area contributed by atoms with Gasteiger partial charge in [0.25, 0.3) is 0 Å². The van der Waals surface area contributed by atoms with Gasteiger partial charge in [0.15, 0.2) is 0 Å². The van der Waals surface area contributed by atoms with Gasteiger partial charge < -0.3 is 10.8 Å². The van der Waals surface area contributed by atoms with Crippen LogP contribution < -0.4 is 5.73 Å². The van der Waals surface area contributed by atoms with E-state index in [9.17, 15) is 4.79 Å². The van der Waals surface area contributed by atoms with Gasteiger partial charge in [0, 0.05) is 6.42 Å². The average molecular weight is 253 g/mol. The molecule has 5 heteroatoms. The molecular weight excluding hydrogens is 230 g/mol. The molecule has 0 radical (unpaired) electrons. The summed E-state index contributed by atoms with van der Waals surface area (Å²) >= 11 is 0. The molecule has 1 aromatic heterocycles. The highest BCUT2D eigenvalue weighted by Gasteiger charge is 2.09. The van der Waals surface area contributed by atoms with Crippen molar-refractivity contribution in [3.63, 3.8) is 0 Å². The van der Waals surface area contributed by atoms with E-state index in [2.05, 4.69) is 30.7 Å². The van der Waals surface area contributed by atoms with Gasteiger partial charge in [0.05, 0.1) is 18.1 Å². The molecule has 5 nitrogen and oxygen atoms in total. The van der Waals surface area contributed by atoms with E-state index in [0.717, 1.165) is 18.5 Å². The Hall–Kier alpha value is -1.65. The van der Waals surface area contributed by atoms with Crippen LogP contribution in [0.1, 0.15) is 45.7 Å². The van der Waals surface area contributed by atoms with E-state index in [1.54, 1.807) is 6.20 Å². The average Bonchev–Trinajstić information content (AvgIpc) is 2.21. The van der Waals surface area contributed by atoms with E-state index < -0.39 is 5.97 Å². The molecule has 0 aliphatic rings. The summed E-state index contributed by atoms with van der Waals surface area (Å²) in [5, 5.41) is 8.31. The smallest absolute Gasteiger partial charge is 0.303 e. The Morgan fingerprint density at radius 3 is 2.28 bits per heavy atom. The molecule has 1 aromatic rings. The molecular formula is C13H23N3O2. The van der Waals surface area contributed by atoms with Gasteiger partial charge in [0.1, 0.15) is 5.82 Å². The molecule has 0 aliphatic carbocycles. The van der Waals surface area contributed by atoms with Gasteiger partial charge in [-0.2, -0.15) is 0 Å². The lowest BCUT2D eigenvalue weighted by molar-refractivity contribution is -0.137. The molecule has 0 aromatic carbocycles. The van der Waals surface area contributed by atoms with E-state index in [1.165, 1.54) is 6.20 Å². The molecule has 102 valence electrons. The van der Waals surface area contributed by atoms with Crippen molar-refractivity contribution in [1.82, 2.24) is 9.97 Å². The highest BCUT2D eigenvalue weighted by atomic mass is 16.4. The summed E-state index contributed by atoms with van der Waals surface area (Å²) in [4.78, 5) is 17.8.